The number of nitrogens with zero attached hydrogens (tertiary/aromatic N) is 1. The highest BCUT2D eigenvalue weighted by atomic mass is 35.5. The van der Waals surface area contributed by atoms with Gasteiger partial charge in [0.25, 0.3) is 0 Å². The fourth-order valence-corrected chi connectivity index (χ4v) is 5.19. The van der Waals surface area contributed by atoms with Crippen LogP contribution in [0.3, 0.4) is 0 Å². The molecule has 3 aromatic rings. The van der Waals surface area contributed by atoms with E-state index in [-0.39, 0.29) is 23.0 Å². The van der Waals surface area contributed by atoms with Crippen molar-refractivity contribution in [2.24, 2.45) is 0 Å². The molecule has 1 aliphatic heterocycles. The summed E-state index contributed by atoms with van der Waals surface area (Å²) in [5.41, 5.74) is 2.54. The van der Waals surface area contributed by atoms with Crippen LogP contribution >= 0.6 is 11.6 Å². The van der Waals surface area contributed by atoms with Crippen LogP contribution in [0, 0.1) is 5.82 Å². The number of nitrogens with one attached hydrogen (secondary N) is 1. The molecule has 8 heteroatoms. The summed E-state index contributed by atoms with van der Waals surface area (Å²) >= 11 is 5.99. The first-order valence-corrected chi connectivity index (χ1v) is 9.84. The minimum absolute atomic E-state index is 0.0296. The van der Waals surface area contributed by atoms with Crippen LogP contribution in [-0.4, -0.2) is 31.4 Å². The quantitative estimate of drug-likeness (QED) is 0.736. The van der Waals surface area contributed by atoms with E-state index in [0.29, 0.717) is 23.4 Å². The van der Waals surface area contributed by atoms with Gasteiger partial charge in [0, 0.05) is 41.1 Å². The van der Waals surface area contributed by atoms with Crippen molar-refractivity contribution in [1.29, 1.82) is 0 Å². The largest absolute Gasteiger partial charge is 0.495 e. The number of methoxy groups -OCH3 is 1. The Balaban J connectivity index is 1.78. The molecule has 1 aliphatic rings. The van der Waals surface area contributed by atoms with Gasteiger partial charge in [-0.2, -0.15) is 4.31 Å². The summed E-state index contributed by atoms with van der Waals surface area (Å²) in [4.78, 5) is 3.28. The monoisotopic (exact) mass is 394 g/mol. The first-order valence-electron chi connectivity index (χ1n) is 8.03. The normalized spacial score (nSPS) is 15.2. The van der Waals surface area contributed by atoms with Crippen molar-refractivity contribution < 1.29 is 17.5 Å². The minimum atomic E-state index is -3.81. The van der Waals surface area contributed by atoms with Crippen LogP contribution in [0.5, 0.6) is 5.75 Å². The molecule has 0 amide bonds. The van der Waals surface area contributed by atoms with E-state index in [1.807, 2.05) is 0 Å². The van der Waals surface area contributed by atoms with Gasteiger partial charge in [-0.1, -0.05) is 11.6 Å². The molecule has 26 heavy (non-hydrogen) atoms. The predicted molar refractivity (Wildman–Crippen MR) is 97.6 cm³/mol. The summed E-state index contributed by atoms with van der Waals surface area (Å²) in [6.07, 6.45) is 0.522. The fourth-order valence-electron chi connectivity index (χ4n) is 3.36. The highest BCUT2D eigenvalue weighted by molar-refractivity contribution is 7.89. The number of ether oxygens (including phenoxy) is 1. The highest BCUT2D eigenvalue weighted by Gasteiger charge is 2.32. The number of hydrogen-bond acceptors (Lipinski definition) is 3. The van der Waals surface area contributed by atoms with Gasteiger partial charge in [0.2, 0.25) is 10.0 Å². The highest BCUT2D eigenvalue weighted by Crippen LogP contribution is 2.34. The smallest absolute Gasteiger partial charge is 0.247 e. The summed E-state index contributed by atoms with van der Waals surface area (Å²) in [5, 5.41) is 1.02. The average Bonchev–Trinajstić information content (AvgIpc) is 2.98. The minimum Gasteiger partial charge on any atom is -0.495 e. The Morgan fingerprint density at radius 1 is 1.23 bits per heavy atom. The third-order valence-electron chi connectivity index (χ3n) is 4.65. The zero-order valence-corrected chi connectivity index (χ0v) is 15.5. The molecular formula is C18H16ClFN2O3S. The van der Waals surface area contributed by atoms with Gasteiger partial charge in [0.05, 0.1) is 7.11 Å². The third-order valence-corrected chi connectivity index (χ3v) is 6.75. The van der Waals surface area contributed by atoms with Crippen LogP contribution in [-0.2, 0) is 23.0 Å². The number of aromatic nitrogens is 1. The van der Waals surface area contributed by atoms with Crippen molar-refractivity contribution in [3.8, 4) is 5.75 Å². The van der Waals surface area contributed by atoms with Gasteiger partial charge in [-0.25, -0.2) is 12.8 Å². The summed E-state index contributed by atoms with van der Waals surface area (Å²) in [6, 6.07) is 8.99. The number of aromatic amines is 1. The molecule has 0 bridgehead atoms. The average molecular weight is 395 g/mol. The summed E-state index contributed by atoms with van der Waals surface area (Å²) in [7, 11) is -2.39. The zero-order chi connectivity index (χ0) is 18.5. The van der Waals surface area contributed by atoms with Crippen LogP contribution < -0.4 is 4.74 Å². The molecule has 0 spiro atoms. The maximum atomic E-state index is 13.6. The molecule has 0 saturated carbocycles. The van der Waals surface area contributed by atoms with Crippen molar-refractivity contribution in [3.05, 3.63) is 58.5 Å². The molecule has 0 aliphatic carbocycles. The Morgan fingerprint density at radius 2 is 2.04 bits per heavy atom. The van der Waals surface area contributed by atoms with Crippen LogP contribution in [0.2, 0.25) is 5.02 Å². The molecule has 4 rings (SSSR count). The molecule has 2 heterocycles. The molecule has 0 fully saturated rings. The van der Waals surface area contributed by atoms with Crippen LogP contribution in [0.1, 0.15) is 11.3 Å². The van der Waals surface area contributed by atoms with Gasteiger partial charge in [-0.15, -0.1) is 0 Å². The first kappa shape index (κ1) is 17.3. The molecule has 136 valence electrons. The number of hydrogen-bond donors (Lipinski definition) is 1. The lowest BCUT2D eigenvalue weighted by molar-refractivity contribution is 0.378. The second kappa shape index (κ2) is 6.26. The molecular weight excluding hydrogens is 379 g/mol. The molecule has 1 N–H and O–H groups in total. The second-order valence-electron chi connectivity index (χ2n) is 6.16. The van der Waals surface area contributed by atoms with Crippen molar-refractivity contribution in [1.82, 2.24) is 9.29 Å². The van der Waals surface area contributed by atoms with E-state index in [1.165, 1.54) is 35.7 Å². The molecule has 1 aromatic heterocycles. The van der Waals surface area contributed by atoms with Crippen LogP contribution in [0.15, 0.2) is 41.3 Å². The van der Waals surface area contributed by atoms with Crippen molar-refractivity contribution >= 4 is 32.5 Å². The van der Waals surface area contributed by atoms with E-state index >= 15 is 0 Å². The maximum Gasteiger partial charge on any atom is 0.247 e. The van der Waals surface area contributed by atoms with E-state index in [2.05, 4.69) is 4.98 Å². The maximum absolute atomic E-state index is 13.6. The van der Waals surface area contributed by atoms with Gasteiger partial charge in [0.15, 0.2) is 0 Å². The van der Waals surface area contributed by atoms with Gasteiger partial charge in [0.1, 0.15) is 16.5 Å². The first-order chi connectivity index (χ1) is 12.4. The van der Waals surface area contributed by atoms with E-state index < -0.39 is 10.0 Å². The van der Waals surface area contributed by atoms with Crippen molar-refractivity contribution in [2.45, 2.75) is 17.9 Å². The number of rotatable bonds is 3. The Bertz CT molecular complexity index is 1110. The summed E-state index contributed by atoms with van der Waals surface area (Å²) in [5.74, 6) is -0.110. The molecule has 2 aromatic carbocycles. The molecule has 0 atom stereocenters. The van der Waals surface area contributed by atoms with E-state index in [1.54, 1.807) is 12.1 Å². The van der Waals surface area contributed by atoms with Crippen LogP contribution in [0.4, 0.5) is 4.39 Å². The predicted octanol–water partition coefficient (Wildman–Crippen LogP) is 3.72. The SMILES string of the molecule is COc1ccc(Cl)cc1S(=O)(=O)N1CCc2[nH]c3ccc(F)cc3c2C1. The van der Waals surface area contributed by atoms with Gasteiger partial charge in [-0.3, -0.25) is 0 Å². The molecule has 0 radical (unpaired) electrons. The number of fused-ring (bicyclic) bond motifs is 3. The second-order valence-corrected chi connectivity index (χ2v) is 8.50. The number of H-pyrrole nitrogens is 1. The molecule has 5 nitrogen and oxygen atoms in total. The number of sulfonamides is 1. The van der Waals surface area contributed by atoms with Crippen molar-refractivity contribution in [2.75, 3.05) is 13.7 Å². The summed E-state index contributed by atoms with van der Waals surface area (Å²) < 4.78 is 46.5. The lowest BCUT2D eigenvalue weighted by atomic mass is 10.1. The van der Waals surface area contributed by atoms with Gasteiger partial charge in [-0.05, 0) is 42.0 Å². The lowest BCUT2D eigenvalue weighted by Gasteiger charge is -2.27. The molecule has 0 unspecified atom stereocenters. The number of halogens is 2. The van der Waals surface area contributed by atoms with Gasteiger partial charge >= 0.3 is 0 Å². The Morgan fingerprint density at radius 3 is 2.81 bits per heavy atom. The Hall–Kier alpha value is -2.09. The fraction of sp³-hybridized carbons (Fsp3) is 0.222. The molecule has 0 saturated heterocycles. The third kappa shape index (κ3) is 2.76. The van der Waals surface area contributed by atoms with E-state index in [0.717, 1.165) is 16.8 Å². The Labute approximate surface area is 155 Å². The standard InChI is InChI=1S/C18H16ClFN2O3S/c1-25-17-5-2-11(19)8-18(17)26(23,24)22-7-6-16-14(10-22)13-9-12(20)3-4-15(13)21-16/h2-5,8-9,21H,6-7,10H2,1H3. The topological polar surface area (TPSA) is 62.4 Å². The lowest BCUT2D eigenvalue weighted by Crippen LogP contribution is -2.36. The van der Waals surface area contributed by atoms with E-state index in [9.17, 15) is 12.8 Å². The van der Waals surface area contributed by atoms with Gasteiger partial charge < -0.3 is 9.72 Å². The number of benzene rings is 2. The van der Waals surface area contributed by atoms with Crippen molar-refractivity contribution in [3.63, 3.8) is 0 Å². The van der Waals surface area contributed by atoms with E-state index in [4.69, 9.17) is 16.3 Å². The summed E-state index contributed by atoms with van der Waals surface area (Å²) in [6.45, 7) is 0.483. The van der Waals surface area contributed by atoms with Crippen LogP contribution in [0.25, 0.3) is 10.9 Å². The Kier molecular flexibility index (Phi) is 4.17. The zero-order valence-electron chi connectivity index (χ0n) is 13.9.